The van der Waals surface area contributed by atoms with E-state index in [9.17, 15) is 4.79 Å². The Labute approximate surface area is 83.9 Å². The van der Waals surface area contributed by atoms with Gasteiger partial charge in [-0.2, -0.15) is 0 Å². The van der Waals surface area contributed by atoms with Gasteiger partial charge < -0.3 is 20.5 Å². The standard InChI is InChI=1S/C9H18N2O3/c1-6(2)9(12)11-8(10)7-5-13-3-4-14-7/h6-8H,3-5,10H2,1-2H3,(H,11,12). The van der Waals surface area contributed by atoms with Gasteiger partial charge in [0.1, 0.15) is 12.3 Å². The summed E-state index contributed by atoms with van der Waals surface area (Å²) < 4.78 is 10.5. The molecular formula is C9H18N2O3. The summed E-state index contributed by atoms with van der Waals surface area (Å²) in [5.74, 6) is -0.128. The second-order valence-electron chi connectivity index (χ2n) is 3.67. The number of hydrogen-bond acceptors (Lipinski definition) is 4. The van der Waals surface area contributed by atoms with Crippen LogP contribution in [-0.2, 0) is 14.3 Å². The van der Waals surface area contributed by atoms with Gasteiger partial charge >= 0.3 is 0 Å². The molecule has 82 valence electrons. The molecule has 1 saturated heterocycles. The van der Waals surface area contributed by atoms with Crippen LogP contribution in [0.3, 0.4) is 0 Å². The SMILES string of the molecule is CC(C)C(=O)NC(N)C1COCCO1. The maximum atomic E-state index is 11.3. The summed E-state index contributed by atoms with van der Waals surface area (Å²) in [6, 6.07) is 0. The number of carbonyl (C=O) groups is 1. The number of carbonyl (C=O) groups excluding carboxylic acids is 1. The van der Waals surface area contributed by atoms with Crippen molar-refractivity contribution < 1.29 is 14.3 Å². The summed E-state index contributed by atoms with van der Waals surface area (Å²) in [7, 11) is 0. The number of hydrogen-bond donors (Lipinski definition) is 2. The molecular weight excluding hydrogens is 184 g/mol. The van der Waals surface area contributed by atoms with Crippen molar-refractivity contribution in [1.29, 1.82) is 0 Å². The first kappa shape index (κ1) is 11.4. The molecule has 0 aromatic rings. The summed E-state index contributed by atoms with van der Waals surface area (Å²) in [5.41, 5.74) is 5.75. The van der Waals surface area contributed by atoms with Crippen LogP contribution in [0.25, 0.3) is 0 Å². The van der Waals surface area contributed by atoms with Crippen LogP contribution >= 0.6 is 0 Å². The largest absolute Gasteiger partial charge is 0.376 e. The molecule has 1 amide bonds. The van der Waals surface area contributed by atoms with Crippen LogP contribution in [-0.4, -0.2) is 38.0 Å². The lowest BCUT2D eigenvalue weighted by molar-refractivity contribution is -0.130. The molecule has 0 aromatic heterocycles. The van der Waals surface area contributed by atoms with Gasteiger partial charge in [-0.05, 0) is 0 Å². The van der Waals surface area contributed by atoms with E-state index in [4.69, 9.17) is 15.2 Å². The monoisotopic (exact) mass is 202 g/mol. The number of nitrogens with two attached hydrogens (primary N) is 1. The van der Waals surface area contributed by atoms with Gasteiger partial charge in [-0.3, -0.25) is 4.79 Å². The molecule has 0 radical (unpaired) electrons. The Morgan fingerprint density at radius 2 is 2.21 bits per heavy atom. The highest BCUT2D eigenvalue weighted by atomic mass is 16.6. The van der Waals surface area contributed by atoms with Gasteiger partial charge in [0.15, 0.2) is 0 Å². The first-order valence-electron chi connectivity index (χ1n) is 4.86. The minimum absolute atomic E-state index is 0.0633. The van der Waals surface area contributed by atoms with Crippen LogP contribution < -0.4 is 11.1 Å². The molecule has 0 saturated carbocycles. The first-order valence-corrected chi connectivity index (χ1v) is 4.86. The number of amides is 1. The third-order valence-electron chi connectivity index (χ3n) is 2.08. The third kappa shape index (κ3) is 3.25. The van der Waals surface area contributed by atoms with Crippen LogP contribution in [0.15, 0.2) is 0 Å². The van der Waals surface area contributed by atoms with Crippen molar-refractivity contribution in [2.75, 3.05) is 19.8 Å². The molecule has 1 fully saturated rings. The molecule has 1 aliphatic rings. The molecule has 5 nitrogen and oxygen atoms in total. The minimum Gasteiger partial charge on any atom is -0.376 e. The lowest BCUT2D eigenvalue weighted by atomic mass is 10.2. The Kier molecular flexibility index (Phi) is 4.31. The van der Waals surface area contributed by atoms with Gasteiger partial charge in [0.25, 0.3) is 0 Å². The van der Waals surface area contributed by atoms with Crippen molar-refractivity contribution in [3.05, 3.63) is 0 Å². The Morgan fingerprint density at radius 3 is 2.71 bits per heavy atom. The Bertz CT molecular complexity index is 190. The quantitative estimate of drug-likeness (QED) is 0.603. The summed E-state index contributed by atoms with van der Waals surface area (Å²) in [6.07, 6.45) is -0.711. The average molecular weight is 202 g/mol. The van der Waals surface area contributed by atoms with Gasteiger partial charge in [-0.15, -0.1) is 0 Å². The fourth-order valence-electron chi connectivity index (χ4n) is 1.14. The van der Waals surface area contributed by atoms with E-state index in [0.717, 1.165) is 0 Å². The van der Waals surface area contributed by atoms with Crippen molar-refractivity contribution in [2.24, 2.45) is 11.7 Å². The molecule has 1 rings (SSSR count). The van der Waals surface area contributed by atoms with Crippen molar-refractivity contribution >= 4 is 5.91 Å². The Balaban J connectivity index is 2.32. The van der Waals surface area contributed by atoms with Gasteiger partial charge in [0, 0.05) is 5.92 Å². The Morgan fingerprint density at radius 1 is 1.50 bits per heavy atom. The van der Waals surface area contributed by atoms with Gasteiger partial charge in [0.2, 0.25) is 5.91 Å². The summed E-state index contributed by atoms with van der Waals surface area (Å²) in [4.78, 5) is 11.3. The van der Waals surface area contributed by atoms with Gasteiger partial charge in [-0.1, -0.05) is 13.8 Å². The number of rotatable bonds is 3. The molecule has 0 aliphatic carbocycles. The zero-order valence-electron chi connectivity index (χ0n) is 8.66. The molecule has 0 spiro atoms. The average Bonchev–Trinajstić information content (AvgIpc) is 2.19. The lowest BCUT2D eigenvalue weighted by Gasteiger charge is -2.28. The van der Waals surface area contributed by atoms with E-state index in [0.29, 0.717) is 19.8 Å². The summed E-state index contributed by atoms with van der Waals surface area (Å²) in [6.45, 7) is 5.22. The minimum atomic E-state index is -0.481. The maximum absolute atomic E-state index is 11.3. The molecule has 1 aliphatic heterocycles. The second kappa shape index (κ2) is 5.29. The van der Waals surface area contributed by atoms with E-state index in [2.05, 4.69) is 5.32 Å². The number of nitrogens with one attached hydrogen (secondary N) is 1. The molecule has 1 heterocycles. The van der Waals surface area contributed by atoms with E-state index >= 15 is 0 Å². The normalized spacial score (nSPS) is 24.7. The fourth-order valence-corrected chi connectivity index (χ4v) is 1.14. The molecule has 5 heteroatoms. The predicted molar refractivity (Wildman–Crippen MR) is 51.5 cm³/mol. The van der Waals surface area contributed by atoms with E-state index in [1.54, 1.807) is 0 Å². The molecule has 14 heavy (non-hydrogen) atoms. The molecule has 3 N–H and O–H groups in total. The lowest BCUT2D eigenvalue weighted by Crippen LogP contribution is -2.54. The van der Waals surface area contributed by atoms with E-state index in [-0.39, 0.29) is 17.9 Å². The molecule has 0 aromatic carbocycles. The summed E-state index contributed by atoms with van der Waals surface area (Å²) in [5, 5.41) is 2.68. The fraction of sp³-hybridized carbons (Fsp3) is 0.889. The molecule has 0 bridgehead atoms. The first-order chi connectivity index (χ1) is 6.61. The second-order valence-corrected chi connectivity index (χ2v) is 3.67. The van der Waals surface area contributed by atoms with Crippen LogP contribution in [0.2, 0.25) is 0 Å². The van der Waals surface area contributed by atoms with Gasteiger partial charge in [-0.25, -0.2) is 0 Å². The van der Waals surface area contributed by atoms with Crippen molar-refractivity contribution in [3.63, 3.8) is 0 Å². The summed E-state index contributed by atoms with van der Waals surface area (Å²) >= 11 is 0. The van der Waals surface area contributed by atoms with E-state index in [1.165, 1.54) is 0 Å². The van der Waals surface area contributed by atoms with Crippen LogP contribution in [0.5, 0.6) is 0 Å². The van der Waals surface area contributed by atoms with E-state index < -0.39 is 6.17 Å². The van der Waals surface area contributed by atoms with Crippen LogP contribution in [0.1, 0.15) is 13.8 Å². The highest BCUT2D eigenvalue weighted by molar-refractivity contribution is 5.78. The van der Waals surface area contributed by atoms with Crippen LogP contribution in [0.4, 0.5) is 0 Å². The highest BCUT2D eigenvalue weighted by Gasteiger charge is 2.23. The zero-order chi connectivity index (χ0) is 10.6. The number of ether oxygens (including phenoxy) is 2. The van der Waals surface area contributed by atoms with Gasteiger partial charge in [0.05, 0.1) is 19.8 Å². The topological polar surface area (TPSA) is 73.6 Å². The third-order valence-corrected chi connectivity index (χ3v) is 2.08. The van der Waals surface area contributed by atoms with Crippen LogP contribution in [0, 0.1) is 5.92 Å². The zero-order valence-corrected chi connectivity index (χ0v) is 8.66. The van der Waals surface area contributed by atoms with E-state index in [1.807, 2.05) is 13.8 Å². The maximum Gasteiger partial charge on any atom is 0.223 e. The van der Waals surface area contributed by atoms with Crippen molar-refractivity contribution in [2.45, 2.75) is 26.1 Å². The predicted octanol–water partition coefficient (Wildman–Crippen LogP) is -0.541. The highest BCUT2D eigenvalue weighted by Crippen LogP contribution is 2.03. The Hall–Kier alpha value is -0.650. The van der Waals surface area contributed by atoms with Crippen molar-refractivity contribution in [1.82, 2.24) is 5.32 Å². The molecule has 2 atom stereocenters. The van der Waals surface area contributed by atoms with Crippen molar-refractivity contribution in [3.8, 4) is 0 Å². The molecule has 2 unspecified atom stereocenters. The smallest absolute Gasteiger partial charge is 0.223 e.